The number of alkyl halides is 3. The van der Waals surface area contributed by atoms with E-state index in [0.717, 1.165) is 17.7 Å². The summed E-state index contributed by atoms with van der Waals surface area (Å²) in [5.41, 5.74) is -0.0305. The van der Waals surface area contributed by atoms with Crippen molar-refractivity contribution in [1.82, 2.24) is 14.9 Å². The number of carbonyl (C=O) groups is 1. The van der Waals surface area contributed by atoms with Crippen LogP contribution in [-0.4, -0.2) is 41.1 Å². The fourth-order valence-electron chi connectivity index (χ4n) is 3.20. The lowest BCUT2D eigenvalue weighted by molar-refractivity contribution is -0.137. The number of nitrogens with one attached hydrogen (secondary N) is 1. The number of methoxy groups -OCH3 is 1. The van der Waals surface area contributed by atoms with Gasteiger partial charge in [-0.3, -0.25) is 5.32 Å². The molecule has 1 unspecified atom stereocenters. The van der Waals surface area contributed by atoms with Crippen molar-refractivity contribution in [2.24, 2.45) is 5.92 Å². The lowest BCUT2D eigenvalue weighted by atomic mass is 9.91. The Morgan fingerprint density at radius 1 is 1.27 bits per heavy atom. The Labute approximate surface area is 170 Å². The molecule has 10 heteroatoms. The number of benzene rings is 1. The van der Waals surface area contributed by atoms with Crippen LogP contribution in [0.4, 0.5) is 28.2 Å². The normalized spacial score (nSPS) is 18.4. The van der Waals surface area contributed by atoms with Crippen LogP contribution in [-0.2, 0) is 6.18 Å². The Bertz CT molecular complexity index is 945. The highest BCUT2D eigenvalue weighted by molar-refractivity contribution is 5.88. The summed E-state index contributed by atoms with van der Waals surface area (Å²) in [6.45, 7) is 2.60. The summed E-state index contributed by atoms with van der Waals surface area (Å²) in [7, 11) is 1.45. The molecule has 6 nitrogen and oxygen atoms in total. The molecule has 0 spiro atoms. The lowest BCUT2D eigenvalue weighted by Gasteiger charge is -2.33. The summed E-state index contributed by atoms with van der Waals surface area (Å²) < 4.78 is 57.3. The van der Waals surface area contributed by atoms with Gasteiger partial charge in [0.15, 0.2) is 5.82 Å². The molecule has 1 N–H and O–H groups in total. The van der Waals surface area contributed by atoms with Gasteiger partial charge in [0, 0.05) is 13.1 Å². The molecule has 1 atom stereocenters. The first kappa shape index (κ1) is 21.5. The fourth-order valence-corrected chi connectivity index (χ4v) is 3.20. The SMILES string of the molecule is COc1cnc(NC(=O)N2CCC(=Cc3cc(F)cc(C(F)(F)F)c3)C(C)C2)cn1. The van der Waals surface area contributed by atoms with E-state index in [1.807, 2.05) is 6.92 Å². The van der Waals surface area contributed by atoms with Crippen LogP contribution < -0.4 is 10.1 Å². The van der Waals surface area contributed by atoms with E-state index in [-0.39, 0.29) is 23.3 Å². The van der Waals surface area contributed by atoms with E-state index in [2.05, 4.69) is 15.3 Å². The van der Waals surface area contributed by atoms with Crippen molar-refractivity contribution in [1.29, 1.82) is 0 Å². The summed E-state index contributed by atoms with van der Waals surface area (Å²) in [4.78, 5) is 22.0. The average molecular weight is 424 g/mol. The molecule has 0 radical (unpaired) electrons. The molecule has 2 amide bonds. The fraction of sp³-hybridized carbons (Fsp3) is 0.350. The van der Waals surface area contributed by atoms with Gasteiger partial charge in [-0.15, -0.1) is 0 Å². The number of halogens is 4. The van der Waals surface area contributed by atoms with Crippen molar-refractivity contribution < 1.29 is 27.1 Å². The molecule has 2 aromatic rings. The highest BCUT2D eigenvalue weighted by Gasteiger charge is 2.31. The molecule has 1 aromatic heterocycles. The van der Waals surface area contributed by atoms with Gasteiger partial charge in [-0.2, -0.15) is 13.2 Å². The van der Waals surface area contributed by atoms with Crippen molar-refractivity contribution in [3.8, 4) is 5.88 Å². The standard InChI is InChI=1S/C20H20F4N4O2/c1-12-11-28(19(29)27-17-9-26-18(30-2)10-25-17)4-3-14(12)5-13-6-15(20(22,23)24)8-16(21)7-13/h5-10,12H,3-4,11H2,1-2H3,(H,25,27,29). The molecule has 160 valence electrons. The molecule has 1 aliphatic heterocycles. The number of carbonyl (C=O) groups excluding carboxylic acids is 1. The van der Waals surface area contributed by atoms with Crippen molar-refractivity contribution in [3.05, 3.63) is 53.1 Å². The summed E-state index contributed by atoms with van der Waals surface area (Å²) in [6, 6.07) is 2.10. The topological polar surface area (TPSA) is 67.3 Å². The van der Waals surface area contributed by atoms with Crippen molar-refractivity contribution in [2.45, 2.75) is 19.5 Å². The average Bonchev–Trinajstić information content (AvgIpc) is 2.69. The number of amides is 2. The van der Waals surface area contributed by atoms with E-state index in [4.69, 9.17) is 4.74 Å². The Kier molecular flexibility index (Phi) is 6.23. The number of urea groups is 1. The van der Waals surface area contributed by atoms with Crippen molar-refractivity contribution >= 4 is 17.9 Å². The van der Waals surface area contributed by atoms with Crippen LogP contribution in [0.25, 0.3) is 6.08 Å². The highest BCUT2D eigenvalue weighted by atomic mass is 19.4. The predicted molar refractivity (Wildman–Crippen MR) is 102 cm³/mol. The second-order valence-corrected chi connectivity index (χ2v) is 6.96. The Morgan fingerprint density at radius 3 is 2.63 bits per heavy atom. The number of ether oxygens (including phenoxy) is 1. The zero-order valence-corrected chi connectivity index (χ0v) is 16.3. The first-order valence-electron chi connectivity index (χ1n) is 9.16. The minimum atomic E-state index is -4.62. The number of likely N-dealkylation sites (tertiary alicyclic amines) is 1. The molecule has 0 saturated carbocycles. The van der Waals surface area contributed by atoms with Gasteiger partial charge in [0.1, 0.15) is 5.82 Å². The second-order valence-electron chi connectivity index (χ2n) is 6.96. The summed E-state index contributed by atoms with van der Waals surface area (Å²) in [5.74, 6) is -0.458. The van der Waals surface area contributed by atoms with E-state index in [0.29, 0.717) is 31.5 Å². The number of nitrogens with zero attached hydrogens (tertiary/aromatic N) is 3. The van der Waals surface area contributed by atoms with Gasteiger partial charge in [0.2, 0.25) is 5.88 Å². The van der Waals surface area contributed by atoms with Crippen LogP contribution in [0.1, 0.15) is 24.5 Å². The van der Waals surface area contributed by atoms with Crippen LogP contribution >= 0.6 is 0 Å². The predicted octanol–water partition coefficient (Wildman–Crippen LogP) is 4.60. The first-order chi connectivity index (χ1) is 14.2. The molecule has 1 saturated heterocycles. The smallest absolute Gasteiger partial charge is 0.416 e. The zero-order valence-electron chi connectivity index (χ0n) is 16.3. The van der Waals surface area contributed by atoms with Gasteiger partial charge in [-0.25, -0.2) is 19.2 Å². The van der Waals surface area contributed by atoms with Crippen LogP contribution in [0, 0.1) is 11.7 Å². The van der Waals surface area contributed by atoms with Gasteiger partial charge >= 0.3 is 12.2 Å². The molecule has 30 heavy (non-hydrogen) atoms. The zero-order chi connectivity index (χ0) is 21.9. The molecule has 0 aliphatic carbocycles. The van der Waals surface area contributed by atoms with Gasteiger partial charge in [-0.1, -0.05) is 18.6 Å². The van der Waals surface area contributed by atoms with Crippen LogP contribution in [0.5, 0.6) is 5.88 Å². The maximum atomic E-state index is 13.6. The molecule has 1 fully saturated rings. The third kappa shape index (κ3) is 5.25. The molecule has 3 rings (SSSR count). The molecular formula is C20H20F4N4O2. The quantitative estimate of drug-likeness (QED) is 0.732. The molecule has 0 bridgehead atoms. The number of piperidine rings is 1. The third-order valence-electron chi connectivity index (χ3n) is 4.76. The minimum absolute atomic E-state index is 0.107. The van der Waals surface area contributed by atoms with Gasteiger partial charge in [0.25, 0.3) is 0 Å². The minimum Gasteiger partial charge on any atom is -0.480 e. The molecule has 1 aromatic carbocycles. The van der Waals surface area contributed by atoms with Gasteiger partial charge in [0.05, 0.1) is 25.1 Å². The monoisotopic (exact) mass is 424 g/mol. The molecular weight excluding hydrogens is 404 g/mol. The van der Waals surface area contributed by atoms with Gasteiger partial charge in [-0.05, 0) is 36.1 Å². The Hall–Kier alpha value is -3.17. The highest BCUT2D eigenvalue weighted by Crippen LogP contribution is 2.32. The van der Waals surface area contributed by atoms with Crippen LogP contribution in [0.2, 0.25) is 0 Å². The second kappa shape index (κ2) is 8.68. The van der Waals surface area contributed by atoms with Crippen LogP contribution in [0.15, 0.2) is 36.2 Å². The van der Waals surface area contributed by atoms with E-state index in [1.165, 1.54) is 19.5 Å². The Balaban J connectivity index is 1.67. The number of hydrogen-bond acceptors (Lipinski definition) is 4. The molecule has 1 aliphatic rings. The van der Waals surface area contributed by atoms with Crippen molar-refractivity contribution in [3.63, 3.8) is 0 Å². The molecule has 2 heterocycles. The first-order valence-corrected chi connectivity index (χ1v) is 9.16. The van der Waals surface area contributed by atoms with E-state index in [9.17, 15) is 22.4 Å². The maximum Gasteiger partial charge on any atom is 0.416 e. The van der Waals surface area contributed by atoms with E-state index >= 15 is 0 Å². The summed E-state index contributed by atoms with van der Waals surface area (Å²) in [6.07, 6.45) is 0.155. The lowest BCUT2D eigenvalue weighted by Crippen LogP contribution is -2.42. The summed E-state index contributed by atoms with van der Waals surface area (Å²) in [5, 5.41) is 2.64. The maximum absolute atomic E-state index is 13.6. The number of anilines is 1. The summed E-state index contributed by atoms with van der Waals surface area (Å²) >= 11 is 0. The Morgan fingerprint density at radius 2 is 2.03 bits per heavy atom. The van der Waals surface area contributed by atoms with Crippen LogP contribution in [0.3, 0.4) is 0 Å². The number of hydrogen-bond donors (Lipinski definition) is 1. The number of rotatable bonds is 3. The van der Waals surface area contributed by atoms with E-state index in [1.54, 1.807) is 11.0 Å². The van der Waals surface area contributed by atoms with Gasteiger partial charge < -0.3 is 9.64 Å². The van der Waals surface area contributed by atoms with Crippen molar-refractivity contribution in [2.75, 3.05) is 25.5 Å². The number of aromatic nitrogens is 2. The largest absolute Gasteiger partial charge is 0.480 e. The van der Waals surface area contributed by atoms with E-state index < -0.39 is 17.6 Å². The third-order valence-corrected chi connectivity index (χ3v) is 4.76.